The second kappa shape index (κ2) is 10.5. The van der Waals surface area contributed by atoms with E-state index in [1.54, 1.807) is 42.5 Å². The molecule has 3 aromatic rings. The van der Waals surface area contributed by atoms with Gasteiger partial charge in [-0.3, -0.25) is 9.59 Å². The summed E-state index contributed by atoms with van der Waals surface area (Å²) in [6.07, 6.45) is 3.54. The van der Waals surface area contributed by atoms with Gasteiger partial charge in [0, 0.05) is 17.1 Å². The van der Waals surface area contributed by atoms with Crippen molar-refractivity contribution >= 4 is 52.2 Å². The van der Waals surface area contributed by atoms with Crippen LogP contribution in [0, 0.1) is 13.8 Å². The number of aromatic nitrogens is 1. The van der Waals surface area contributed by atoms with Crippen LogP contribution in [0.1, 0.15) is 47.1 Å². The molecule has 0 bridgehead atoms. The highest BCUT2D eigenvalue weighted by molar-refractivity contribution is 8.19. The number of esters is 1. The summed E-state index contributed by atoms with van der Waals surface area (Å²) in [5, 5.41) is -0.0449. The summed E-state index contributed by atoms with van der Waals surface area (Å²) in [6, 6.07) is 16.0. The van der Waals surface area contributed by atoms with Gasteiger partial charge in [0.15, 0.2) is 0 Å². The van der Waals surface area contributed by atoms with Crippen molar-refractivity contribution in [2.24, 2.45) is 0 Å². The van der Waals surface area contributed by atoms with Gasteiger partial charge in [-0.1, -0.05) is 37.1 Å². The molecule has 0 aliphatic carbocycles. The molecular formula is C27H25ClN2O4S. The fraction of sp³-hybridized carbons (Fsp3) is 0.222. The molecule has 0 spiro atoms. The third-order valence-electron chi connectivity index (χ3n) is 5.74. The number of nitrogens with zero attached hydrogens (tertiary/aromatic N) is 2. The van der Waals surface area contributed by atoms with E-state index < -0.39 is 5.91 Å². The van der Waals surface area contributed by atoms with Crippen LogP contribution in [0.25, 0.3) is 11.8 Å². The highest BCUT2D eigenvalue weighted by Crippen LogP contribution is 2.39. The Bertz CT molecular complexity index is 1330. The minimum atomic E-state index is -0.399. The van der Waals surface area contributed by atoms with Crippen LogP contribution < -0.4 is 4.90 Å². The normalized spacial score (nSPS) is 14.7. The number of anilines is 1. The molecule has 0 radical (unpaired) electrons. The lowest BCUT2D eigenvalue weighted by atomic mass is 10.2. The molecule has 4 rings (SSSR count). The van der Waals surface area contributed by atoms with Crippen LogP contribution in [0.15, 0.2) is 59.5 Å². The maximum absolute atomic E-state index is 13.0. The number of unbranched alkanes of at least 4 members (excludes halogenated alkanes) is 1. The van der Waals surface area contributed by atoms with Crippen molar-refractivity contribution < 1.29 is 19.1 Å². The van der Waals surface area contributed by atoms with E-state index in [4.69, 9.17) is 16.3 Å². The van der Waals surface area contributed by atoms with Crippen molar-refractivity contribution in [2.45, 2.75) is 33.6 Å². The summed E-state index contributed by atoms with van der Waals surface area (Å²) in [4.78, 5) is 39.3. The Morgan fingerprint density at radius 2 is 1.80 bits per heavy atom. The standard InChI is InChI=1S/C27H25ClN2O4S/c1-4-5-14-34-26(32)19-10-12-21(13-11-19)29-17(2)15-20(18(29)3)16-24-25(31)30(27(33)35-24)23-9-7-6-8-22(23)28/h6-13,15-16H,4-5,14H2,1-3H3/b24-16-. The first kappa shape index (κ1) is 24.8. The number of hydrogen-bond donors (Lipinski definition) is 0. The highest BCUT2D eigenvalue weighted by atomic mass is 35.5. The number of hydrogen-bond acceptors (Lipinski definition) is 5. The van der Waals surface area contributed by atoms with Gasteiger partial charge in [0.1, 0.15) is 0 Å². The molecule has 1 saturated heterocycles. The van der Waals surface area contributed by atoms with E-state index in [1.165, 1.54) is 0 Å². The molecule has 0 saturated carbocycles. The van der Waals surface area contributed by atoms with Crippen LogP contribution in [0.3, 0.4) is 0 Å². The molecular weight excluding hydrogens is 484 g/mol. The Kier molecular flexibility index (Phi) is 7.48. The smallest absolute Gasteiger partial charge is 0.338 e. The molecule has 0 atom stereocenters. The van der Waals surface area contributed by atoms with E-state index in [1.807, 2.05) is 43.5 Å². The first-order chi connectivity index (χ1) is 16.8. The minimum Gasteiger partial charge on any atom is -0.462 e. The first-order valence-corrected chi connectivity index (χ1v) is 12.5. The van der Waals surface area contributed by atoms with Crippen LogP contribution in [-0.2, 0) is 9.53 Å². The minimum absolute atomic E-state index is 0.333. The summed E-state index contributed by atoms with van der Waals surface area (Å²) >= 11 is 7.11. The number of aryl methyl sites for hydroxylation is 1. The Balaban J connectivity index is 1.59. The van der Waals surface area contributed by atoms with E-state index in [0.29, 0.717) is 27.8 Å². The summed E-state index contributed by atoms with van der Waals surface area (Å²) in [7, 11) is 0. The number of benzene rings is 2. The molecule has 2 heterocycles. The largest absolute Gasteiger partial charge is 0.462 e. The molecule has 1 fully saturated rings. The Labute approximate surface area is 213 Å². The van der Waals surface area contributed by atoms with Crippen LogP contribution in [-0.4, -0.2) is 28.3 Å². The van der Waals surface area contributed by atoms with Crippen molar-refractivity contribution in [2.75, 3.05) is 11.5 Å². The maximum Gasteiger partial charge on any atom is 0.338 e. The molecule has 0 N–H and O–H groups in total. The van der Waals surface area contributed by atoms with Crippen LogP contribution in [0.2, 0.25) is 5.02 Å². The van der Waals surface area contributed by atoms with Crippen molar-refractivity contribution in [3.05, 3.63) is 87.0 Å². The zero-order valence-corrected chi connectivity index (χ0v) is 21.3. The predicted molar refractivity (Wildman–Crippen MR) is 140 cm³/mol. The predicted octanol–water partition coefficient (Wildman–Crippen LogP) is 6.95. The third kappa shape index (κ3) is 5.06. The first-order valence-electron chi connectivity index (χ1n) is 11.3. The van der Waals surface area contributed by atoms with E-state index in [2.05, 4.69) is 0 Å². The van der Waals surface area contributed by atoms with Gasteiger partial charge >= 0.3 is 5.97 Å². The zero-order chi connectivity index (χ0) is 25.1. The summed E-state index contributed by atoms with van der Waals surface area (Å²) in [5.41, 5.74) is 4.45. The lowest BCUT2D eigenvalue weighted by Crippen LogP contribution is -2.27. The number of halogens is 1. The molecule has 35 heavy (non-hydrogen) atoms. The van der Waals surface area contributed by atoms with Crippen molar-refractivity contribution in [3.63, 3.8) is 0 Å². The van der Waals surface area contributed by atoms with Crippen LogP contribution in [0.5, 0.6) is 0 Å². The average Bonchev–Trinajstić information content (AvgIpc) is 3.28. The zero-order valence-electron chi connectivity index (χ0n) is 19.7. The number of thioether (sulfide) groups is 1. The molecule has 0 unspecified atom stereocenters. The van der Waals surface area contributed by atoms with Crippen molar-refractivity contribution in [3.8, 4) is 5.69 Å². The fourth-order valence-corrected chi connectivity index (χ4v) is 4.97. The van der Waals surface area contributed by atoms with Gasteiger partial charge in [-0.15, -0.1) is 0 Å². The second-order valence-corrected chi connectivity index (χ2v) is 9.57. The molecule has 2 amide bonds. The summed E-state index contributed by atoms with van der Waals surface area (Å²) in [6.45, 7) is 6.37. The number of carbonyl (C=O) groups excluding carboxylic acids is 3. The van der Waals surface area contributed by atoms with E-state index in [0.717, 1.165) is 52.1 Å². The SMILES string of the molecule is CCCCOC(=O)c1ccc(-n2c(C)cc(/C=C3\SC(=O)N(c4ccccc4Cl)C3=O)c2C)cc1. The van der Waals surface area contributed by atoms with Crippen molar-refractivity contribution in [1.29, 1.82) is 0 Å². The number of para-hydroxylation sites is 1. The highest BCUT2D eigenvalue weighted by Gasteiger charge is 2.37. The monoisotopic (exact) mass is 508 g/mol. The number of ether oxygens (including phenoxy) is 1. The lowest BCUT2D eigenvalue weighted by molar-refractivity contribution is -0.113. The van der Waals surface area contributed by atoms with Gasteiger partial charge in [0.05, 0.1) is 27.8 Å². The Morgan fingerprint density at radius 1 is 1.09 bits per heavy atom. The quantitative estimate of drug-likeness (QED) is 0.196. The van der Waals surface area contributed by atoms with Gasteiger partial charge in [0.2, 0.25) is 0 Å². The van der Waals surface area contributed by atoms with Crippen LogP contribution in [0.4, 0.5) is 10.5 Å². The molecule has 1 aliphatic heterocycles. The van der Waals surface area contributed by atoms with Gasteiger partial charge in [0.25, 0.3) is 11.1 Å². The number of imide groups is 1. The molecule has 2 aromatic carbocycles. The molecule has 180 valence electrons. The van der Waals surface area contributed by atoms with Crippen molar-refractivity contribution in [1.82, 2.24) is 4.57 Å². The number of rotatable bonds is 7. The summed E-state index contributed by atoms with van der Waals surface area (Å²) in [5.74, 6) is -0.732. The fourth-order valence-electron chi connectivity index (χ4n) is 3.92. The second-order valence-electron chi connectivity index (χ2n) is 8.17. The Hall–Kier alpha value is -3.29. The van der Waals surface area contributed by atoms with E-state index in [9.17, 15) is 14.4 Å². The topological polar surface area (TPSA) is 68.6 Å². The number of carbonyl (C=O) groups is 3. The lowest BCUT2D eigenvalue weighted by Gasteiger charge is -2.13. The number of amides is 2. The summed E-state index contributed by atoms with van der Waals surface area (Å²) < 4.78 is 7.32. The van der Waals surface area contributed by atoms with E-state index >= 15 is 0 Å². The molecule has 8 heteroatoms. The average molecular weight is 509 g/mol. The van der Waals surface area contributed by atoms with Gasteiger partial charge in [-0.2, -0.15) is 0 Å². The van der Waals surface area contributed by atoms with Gasteiger partial charge < -0.3 is 9.30 Å². The third-order valence-corrected chi connectivity index (χ3v) is 6.93. The van der Waals surface area contributed by atoms with Crippen LogP contribution >= 0.6 is 23.4 Å². The van der Waals surface area contributed by atoms with Gasteiger partial charge in [-0.25, -0.2) is 9.69 Å². The van der Waals surface area contributed by atoms with Gasteiger partial charge in [-0.05, 0) is 86.1 Å². The Morgan fingerprint density at radius 3 is 2.49 bits per heavy atom. The maximum atomic E-state index is 13.0. The molecule has 1 aromatic heterocycles. The molecule has 1 aliphatic rings. The van der Waals surface area contributed by atoms with E-state index in [-0.39, 0.29) is 11.2 Å². The molecule has 6 nitrogen and oxygen atoms in total.